The van der Waals surface area contributed by atoms with E-state index in [1.165, 1.54) is 37.1 Å². The van der Waals surface area contributed by atoms with E-state index in [2.05, 4.69) is 4.98 Å². The van der Waals surface area contributed by atoms with Crippen molar-refractivity contribution in [2.45, 2.75) is 26.4 Å². The second kappa shape index (κ2) is 9.80. The number of rotatable bonds is 9. The minimum absolute atomic E-state index is 0.141. The van der Waals surface area contributed by atoms with E-state index in [0.29, 0.717) is 29.7 Å². The van der Waals surface area contributed by atoms with Crippen LogP contribution in [0.2, 0.25) is 0 Å². The van der Waals surface area contributed by atoms with Crippen LogP contribution in [-0.4, -0.2) is 32.2 Å². The zero-order chi connectivity index (χ0) is 24.3. The van der Waals surface area contributed by atoms with Crippen LogP contribution in [0.15, 0.2) is 54.7 Å². The fourth-order valence-electron chi connectivity index (χ4n) is 3.35. The Morgan fingerprint density at radius 2 is 1.85 bits per heavy atom. The summed E-state index contributed by atoms with van der Waals surface area (Å²) in [7, 11) is -3.64. The number of amides is 1. The van der Waals surface area contributed by atoms with Crippen molar-refractivity contribution in [2.24, 2.45) is 5.92 Å². The van der Waals surface area contributed by atoms with Gasteiger partial charge >= 0.3 is 0 Å². The molecule has 34 heavy (non-hydrogen) atoms. The third kappa shape index (κ3) is 6.54. The number of aryl methyl sites for hydroxylation is 1. The molecule has 1 aromatic heterocycles. The molecule has 0 atom stereocenters. The first-order valence-electron chi connectivity index (χ1n) is 10.8. The lowest BCUT2D eigenvalue weighted by molar-refractivity contribution is 0.0981. The van der Waals surface area contributed by atoms with Crippen molar-refractivity contribution in [3.8, 4) is 22.8 Å². The molecule has 0 spiro atoms. The Morgan fingerprint density at radius 3 is 2.50 bits per heavy atom. The van der Waals surface area contributed by atoms with E-state index in [9.17, 15) is 17.6 Å². The lowest BCUT2D eigenvalue weighted by atomic mass is 10.0. The topological polar surface area (TPSA) is 94.6 Å². The molecule has 0 aliphatic heterocycles. The molecule has 2 aromatic carbocycles. The summed E-state index contributed by atoms with van der Waals surface area (Å²) in [6.07, 6.45) is 4.99. The number of carbonyl (C=O) groups is 1. The monoisotopic (exact) mass is 484 g/mol. The number of carbonyl (C=O) groups excluding carboxylic acids is 1. The number of nitrogens with zero attached hydrogens (tertiary/aromatic N) is 1. The molecule has 0 saturated heterocycles. The van der Waals surface area contributed by atoms with Crippen molar-refractivity contribution >= 4 is 15.9 Å². The van der Waals surface area contributed by atoms with Gasteiger partial charge in [-0.1, -0.05) is 12.1 Å². The number of hydrogen-bond acceptors (Lipinski definition) is 6. The number of benzene rings is 2. The molecule has 1 heterocycles. The third-order valence-corrected chi connectivity index (χ3v) is 5.89. The van der Waals surface area contributed by atoms with E-state index in [-0.39, 0.29) is 12.2 Å². The second-order valence-electron chi connectivity index (χ2n) is 8.46. The Labute approximate surface area is 198 Å². The quantitative estimate of drug-likeness (QED) is 0.488. The molecule has 1 aliphatic rings. The average Bonchev–Trinajstić information content (AvgIpc) is 3.60. The fraction of sp³-hybridized carbons (Fsp3) is 0.280. The number of aromatic nitrogens is 1. The summed E-state index contributed by atoms with van der Waals surface area (Å²) in [6.45, 7) is 2.74. The Morgan fingerprint density at radius 1 is 1.12 bits per heavy atom. The minimum atomic E-state index is -3.64. The van der Waals surface area contributed by atoms with Crippen LogP contribution in [0.25, 0.3) is 11.1 Å². The molecule has 0 radical (unpaired) electrons. The number of sulfonamides is 1. The van der Waals surface area contributed by atoms with Crippen LogP contribution >= 0.6 is 0 Å². The van der Waals surface area contributed by atoms with Crippen LogP contribution in [0.5, 0.6) is 11.6 Å². The number of pyridine rings is 1. The van der Waals surface area contributed by atoms with Crippen LogP contribution in [0, 0.1) is 18.7 Å². The highest BCUT2D eigenvalue weighted by molar-refractivity contribution is 7.89. The maximum absolute atomic E-state index is 14.3. The van der Waals surface area contributed by atoms with Crippen molar-refractivity contribution < 1.29 is 27.1 Å². The van der Waals surface area contributed by atoms with Crippen molar-refractivity contribution in [1.29, 1.82) is 0 Å². The zero-order valence-electron chi connectivity index (χ0n) is 18.9. The molecule has 4 rings (SSSR count). The standard InChI is InChI=1S/C25H25FN2O5S/c1-16-9-24(33-15-17-3-4-17)27-13-23(16)20-10-21(26)12-22(11-20)32-14-18-5-7-19(8-6-18)25(29)28-34(2,30)31/h5-13,17H,3-4,14-15H2,1-2H3,(H,28,29). The third-order valence-electron chi connectivity index (χ3n) is 5.33. The van der Waals surface area contributed by atoms with Gasteiger partial charge in [-0.15, -0.1) is 0 Å². The van der Waals surface area contributed by atoms with Crippen LogP contribution in [0.1, 0.15) is 34.3 Å². The SMILES string of the molecule is Cc1cc(OCC2CC2)ncc1-c1cc(F)cc(OCc2ccc(C(=O)NS(C)(=O)=O)cc2)c1. The molecule has 1 aliphatic carbocycles. The molecule has 1 saturated carbocycles. The molecule has 1 amide bonds. The lowest BCUT2D eigenvalue weighted by Crippen LogP contribution is -2.29. The summed E-state index contributed by atoms with van der Waals surface area (Å²) in [6, 6.07) is 12.6. The molecule has 9 heteroatoms. The Bertz CT molecular complexity index is 1310. The van der Waals surface area contributed by atoms with E-state index in [1.807, 2.05) is 17.7 Å². The Hall–Kier alpha value is -3.46. The summed E-state index contributed by atoms with van der Waals surface area (Å²) >= 11 is 0. The van der Waals surface area contributed by atoms with Crippen molar-refractivity contribution in [3.63, 3.8) is 0 Å². The molecule has 1 N–H and O–H groups in total. The van der Waals surface area contributed by atoms with Crippen molar-refractivity contribution in [1.82, 2.24) is 9.71 Å². The molecular weight excluding hydrogens is 459 g/mol. The number of halogens is 1. The molecule has 178 valence electrons. The van der Waals surface area contributed by atoms with Gasteiger partial charge in [0.15, 0.2) is 0 Å². The molecule has 3 aromatic rings. The molecule has 0 bridgehead atoms. The molecular formula is C25H25FN2O5S. The van der Waals surface area contributed by atoms with Gasteiger partial charge in [0, 0.05) is 29.5 Å². The highest BCUT2D eigenvalue weighted by Crippen LogP contribution is 2.31. The maximum Gasteiger partial charge on any atom is 0.264 e. The van der Waals surface area contributed by atoms with Gasteiger partial charge in [-0.05, 0) is 66.6 Å². The van der Waals surface area contributed by atoms with Gasteiger partial charge in [-0.25, -0.2) is 22.5 Å². The summed E-state index contributed by atoms with van der Waals surface area (Å²) in [5, 5.41) is 0. The van der Waals surface area contributed by atoms with Crippen molar-refractivity contribution in [3.05, 3.63) is 77.2 Å². The van der Waals surface area contributed by atoms with Crippen LogP contribution in [0.4, 0.5) is 4.39 Å². The van der Waals surface area contributed by atoms with E-state index < -0.39 is 21.7 Å². The molecule has 0 unspecified atom stereocenters. The smallest absolute Gasteiger partial charge is 0.264 e. The predicted octanol–water partition coefficient (Wildman–Crippen LogP) is 4.25. The largest absolute Gasteiger partial charge is 0.489 e. The van der Waals surface area contributed by atoms with E-state index in [0.717, 1.165) is 22.9 Å². The zero-order valence-corrected chi connectivity index (χ0v) is 19.7. The van der Waals surface area contributed by atoms with Gasteiger partial charge in [-0.2, -0.15) is 0 Å². The first-order valence-corrected chi connectivity index (χ1v) is 12.7. The number of ether oxygens (including phenoxy) is 2. The van der Waals surface area contributed by atoms with Gasteiger partial charge in [0.1, 0.15) is 18.2 Å². The highest BCUT2D eigenvalue weighted by atomic mass is 32.2. The summed E-state index contributed by atoms with van der Waals surface area (Å²) in [4.78, 5) is 16.3. The number of hydrogen-bond donors (Lipinski definition) is 1. The van der Waals surface area contributed by atoms with Gasteiger partial charge in [0.2, 0.25) is 15.9 Å². The highest BCUT2D eigenvalue weighted by Gasteiger charge is 2.22. The van der Waals surface area contributed by atoms with Crippen LogP contribution in [-0.2, 0) is 16.6 Å². The average molecular weight is 485 g/mol. The van der Waals surface area contributed by atoms with Gasteiger partial charge in [-0.3, -0.25) is 4.79 Å². The lowest BCUT2D eigenvalue weighted by Gasteiger charge is -2.12. The summed E-state index contributed by atoms with van der Waals surface area (Å²) in [5.41, 5.74) is 3.28. The number of nitrogens with one attached hydrogen (secondary N) is 1. The summed E-state index contributed by atoms with van der Waals surface area (Å²) in [5.74, 6) is 0.397. The van der Waals surface area contributed by atoms with E-state index in [4.69, 9.17) is 9.47 Å². The Kier molecular flexibility index (Phi) is 6.83. The molecule has 7 nitrogen and oxygen atoms in total. The van der Waals surface area contributed by atoms with Crippen molar-refractivity contribution in [2.75, 3.05) is 12.9 Å². The molecule has 1 fully saturated rings. The minimum Gasteiger partial charge on any atom is -0.489 e. The van der Waals surface area contributed by atoms with E-state index >= 15 is 0 Å². The maximum atomic E-state index is 14.3. The first kappa shape index (κ1) is 23.7. The van der Waals surface area contributed by atoms with Gasteiger partial charge in [0.25, 0.3) is 5.91 Å². The summed E-state index contributed by atoms with van der Waals surface area (Å²) < 4.78 is 50.1. The predicted molar refractivity (Wildman–Crippen MR) is 126 cm³/mol. The normalized spacial score (nSPS) is 13.4. The second-order valence-corrected chi connectivity index (χ2v) is 10.2. The van der Waals surface area contributed by atoms with Gasteiger partial charge < -0.3 is 9.47 Å². The van der Waals surface area contributed by atoms with Crippen LogP contribution < -0.4 is 14.2 Å². The fourth-order valence-corrected chi connectivity index (χ4v) is 3.80. The van der Waals surface area contributed by atoms with E-state index in [1.54, 1.807) is 24.4 Å². The van der Waals surface area contributed by atoms with Crippen LogP contribution in [0.3, 0.4) is 0 Å². The van der Waals surface area contributed by atoms with Gasteiger partial charge in [0.05, 0.1) is 12.9 Å². The first-order chi connectivity index (χ1) is 16.2. The Balaban J connectivity index is 1.43.